The van der Waals surface area contributed by atoms with Gasteiger partial charge >= 0.3 is 0 Å². The summed E-state index contributed by atoms with van der Waals surface area (Å²) in [6, 6.07) is 5.14. The van der Waals surface area contributed by atoms with Crippen molar-refractivity contribution in [2.45, 2.75) is 29.9 Å². The van der Waals surface area contributed by atoms with Crippen LogP contribution in [0.2, 0.25) is 0 Å². The highest BCUT2D eigenvalue weighted by molar-refractivity contribution is 8.14. The summed E-state index contributed by atoms with van der Waals surface area (Å²) in [5.41, 5.74) is -0.944. The number of rotatable bonds is 4. The maximum absolute atomic E-state index is 10.6. The predicted molar refractivity (Wildman–Crippen MR) is 82.8 cm³/mol. The summed E-state index contributed by atoms with van der Waals surface area (Å²) in [6.07, 6.45) is -5.62. The molecule has 1 aromatic rings. The maximum Gasteiger partial charge on any atom is 0.269 e. The number of thioether (sulfide) groups is 1. The average molecular weight is 360 g/mol. The minimum absolute atomic E-state index is 0.0192. The molecule has 132 valence electrons. The van der Waals surface area contributed by atoms with Gasteiger partial charge in [0.25, 0.3) is 5.69 Å². The van der Waals surface area contributed by atoms with Crippen molar-refractivity contribution in [3.05, 3.63) is 39.9 Å². The molecular formula is C13H16N2O8S. The van der Waals surface area contributed by atoms with E-state index in [1.807, 2.05) is 0 Å². The van der Waals surface area contributed by atoms with Crippen molar-refractivity contribution in [1.29, 1.82) is 0 Å². The molecular weight excluding hydrogens is 344 g/mol. The fourth-order valence-electron chi connectivity index (χ4n) is 2.15. The van der Waals surface area contributed by atoms with E-state index >= 15 is 0 Å². The van der Waals surface area contributed by atoms with Crippen molar-refractivity contribution >= 4 is 22.5 Å². The van der Waals surface area contributed by atoms with Gasteiger partial charge in [-0.3, -0.25) is 10.1 Å². The molecule has 11 heteroatoms. The quantitative estimate of drug-likeness (QED) is 0.153. The highest BCUT2D eigenvalue weighted by Crippen LogP contribution is 2.31. The molecule has 5 atom stereocenters. The second kappa shape index (κ2) is 7.88. The molecule has 0 aliphatic carbocycles. The van der Waals surface area contributed by atoms with Gasteiger partial charge in [0.05, 0.1) is 11.5 Å². The van der Waals surface area contributed by atoms with E-state index in [0.717, 1.165) is 11.8 Å². The first-order valence-corrected chi connectivity index (χ1v) is 7.71. The van der Waals surface area contributed by atoms with Gasteiger partial charge in [0.15, 0.2) is 0 Å². The van der Waals surface area contributed by atoms with Crippen molar-refractivity contribution in [2.75, 3.05) is 6.61 Å². The number of nitro groups is 1. The first-order chi connectivity index (χ1) is 11.4. The van der Waals surface area contributed by atoms with Crippen LogP contribution in [0.3, 0.4) is 0 Å². The van der Waals surface area contributed by atoms with E-state index in [1.54, 1.807) is 0 Å². The molecule has 10 nitrogen and oxygen atoms in total. The van der Waals surface area contributed by atoms with Gasteiger partial charge in [-0.15, -0.1) is 0 Å². The Kier molecular flexibility index (Phi) is 6.10. The molecule has 0 saturated carbocycles. The summed E-state index contributed by atoms with van der Waals surface area (Å²) in [5.74, 6) is 0. The molecule has 2 rings (SSSR count). The minimum atomic E-state index is -1.55. The fourth-order valence-corrected chi connectivity index (χ4v) is 3.19. The van der Waals surface area contributed by atoms with Crippen LogP contribution in [0.4, 0.5) is 5.69 Å². The zero-order valence-electron chi connectivity index (χ0n) is 12.2. The minimum Gasteiger partial charge on any atom is -0.410 e. The van der Waals surface area contributed by atoms with Gasteiger partial charge in [-0.2, -0.15) is 0 Å². The van der Waals surface area contributed by atoms with Gasteiger partial charge in [0.2, 0.25) is 0 Å². The predicted octanol–water partition coefficient (Wildman–Crippen LogP) is -0.736. The highest BCUT2D eigenvalue weighted by Gasteiger charge is 2.44. The lowest BCUT2D eigenvalue weighted by Crippen LogP contribution is -2.57. The van der Waals surface area contributed by atoms with Crippen LogP contribution in [0.25, 0.3) is 0 Å². The number of nitrogens with zero attached hydrogens (tertiary/aromatic N) is 2. The van der Waals surface area contributed by atoms with Crippen LogP contribution in [-0.4, -0.2) is 72.1 Å². The number of oxime groups is 1. The van der Waals surface area contributed by atoms with Crippen molar-refractivity contribution in [3.63, 3.8) is 0 Å². The number of benzene rings is 1. The Morgan fingerprint density at radius 3 is 2.33 bits per heavy atom. The molecule has 1 fully saturated rings. The van der Waals surface area contributed by atoms with E-state index in [9.17, 15) is 25.4 Å². The summed E-state index contributed by atoms with van der Waals surface area (Å²) >= 11 is 0.742. The normalized spacial score (nSPS) is 31.0. The summed E-state index contributed by atoms with van der Waals surface area (Å²) < 4.78 is 5.30. The Morgan fingerprint density at radius 2 is 1.83 bits per heavy atom. The maximum atomic E-state index is 10.6. The first kappa shape index (κ1) is 18.6. The van der Waals surface area contributed by atoms with Gasteiger partial charge in [-0.25, -0.2) is 0 Å². The average Bonchev–Trinajstić information content (AvgIpc) is 2.59. The van der Waals surface area contributed by atoms with Gasteiger partial charge in [-0.05, 0) is 12.1 Å². The standard InChI is InChI=1S/C13H16N2O8S/c16-5-8-9(17)10(18)11(19)13(23-8)24-12(14-20)6-1-3-7(4-2-6)15(21)22/h1-4,8-11,13,16-20H,5H2/b14-12+/t8-,9-,10+,11-,13+/m1/s1. The number of aliphatic hydroxyl groups is 4. The Balaban J connectivity index is 2.16. The van der Waals surface area contributed by atoms with Gasteiger partial charge in [0, 0.05) is 17.7 Å². The van der Waals surface area contributed by atoms with Crippen LogP contribution in [-0.2, 0) is 4.74 Å². The topological polar surface area (TPSA) is 166 Å². The van der Waals surface area contributed by atoms with Crippen LogP contribution >= 0.6 is 11.8 Å². The molecule has 0 bridgehead atoms. The Labute approximate surface area is 140 Å². The number of hydrogen-bond acceptors (Lipinski definition) is 10. The monoisotopic (exact) mass is 360 g/mol. The second-order valence-corrected chi connectivity index (χ2v) is 6.11. The third kappa shape index (κ3) is 3.83. The molecule has 0 radical (unpaired) electrons. The summed E-state index contributed by atoms with van der Waals surface area (Å²) in [7, 11) is 0. The van der Waals surface area contributed by atoms with E-state index in [-0.39, 0.29) is 10.7 Å². The largest absolute Gasteiger partial charge is 0.410 e. The fraction of sp³-hybridized carbons (Fsp3) is 0.462. The molecule has 0 unspecified atom stereocenters. The van der Waals surface area contributed by atoms with Crippen molar-refractivity contribution in [2.24, 2.45) is 5.16 Å². The first-order valence-electron chi connectivity index (χ1n) is 6.83. The number of ether oxygens (including phenoxy) is 1. The summed E-state index contributed by atoms with van der Waals surface area (Å²) in [5, 5.41) is 61.4. The third-order valence-corrected chi connectivity index (χ3v) is 4.66. The summed E-state index contributed by atoms with van der Waals surface area (Å²) in [4.78, 5) is 10.1. The zero-order valence-corrected chi connectivity index (χ0v) is 13.0. The highest BCUT2D eigenvalue weighted by atomic mass is 32.2. The number of aliphatic hydroxyl groups excluding tert-OH is 4. The Hall–Kier alpha value is -1.76. The van der Waals surface area contributed by atoms with Crippen molar-refractivity contribution in [1.82, 2.24) is 0 Å². The van der Waals surface area contributed by atoms with Gasteiger partial charge < -0.3 is 30.4 Å². The second-order valence-electron chi connectivity index (χ2n) is 5.02. The van der Waals surface area contributed by atoms with Crippen LogP contribution < -0.4 is 0 Å². The van der Waals surface area contributed by atoms with E-state index in [2.05, 4.69) is 5.16 Å². The van der Waals surface area contributed by atoms with E-state index in [0.29, 0.717) is 5.56 Å². The van der Waals surface area contributed by atoms with Gasteiger partial charge in [-0.1, -0.05) is 16.9 Å². The van der Waals surface area contributed by atoms with Crippen molar-refractivity contribution < 1.29 is 35.3 Å². The summed E-state index contributed by atoms with van der Waals surface area (Å²) in [6.45, 7) is -0.578. The smallest absolute Gasteiger partial charge is 0.269 e. The van der Waals surface area contributed by atoms with Gasteiger partial charge in [0.1, 0.15) is 34.9 Å². The lowest BCUT2D eigenvalue weighted by molar-refractivity contribution is -0.384. The molecule has 1 aliphatic heterocycles. The lowest BCUT2D eigenvalue weighted by Gasteiger charge is -2.39. The molecule has 0 amide bonds. The van der Waals surface area contributed by atoms with Crippen LogP contribution in [0.1, 0.15) is 5.56 Å². The van der Waals surface area contributed by atoms with E-state index < -0.39 is 41.4 Å². The lowest BCUT2D eigenvalue weighted by atomic mass is 10.0. The molecule has 0 spiro atoms. The number of nitro benzene ring substituents is 1. The molecule has 1 heterocycles. The van der Waals surface area contributed by atoms with E-state index in [1.165, 1.54) is 24.3 Å². The molecule has 1 saturated heterocycles. The zero-order chi connectivity index (χ0) is 17.9. The molecule has 0 aromatic heterocycles. The number of non-ortho nitro benzene ring substituents is 1. The van der Waals surface area contributed by atoms with Crippen LogP contribution in [0, 0.1) is 10.1 Å². The van der Waals surface area contributed by atoms with Crippen LogP contribution in [0.15, 0.2) is 29.4 Å². The van der Waals surface area contributed by atoms with Crippen LogP contribution in [0.5, 0.6) is 0 Å². The van der Waals surface area contributed by atoms with Crippen molar-refractivity contribution in [3.8, 4) is 0 Å². The molecule has 1 aromatic carbocycles. The molecule has 24 heavy (non-hydrogen) atoms. The molecule has 1 aliphatic rings. The Morgan fingerprint density at radius 1 is 1.21 bits per heavy atom. The number of hydrogen-bond donors (Lipinski definition) is 5. The SMILES string of the molecule is O=[N+]([O-])c1ccc(/C(=N\O)S[C@@H]2O[C@H](CO)[C@@H](O)[C@H](O)[C@H]2O)cc1. The Bertz CT molecular complexity index is 608. The third-order valence-electron chi connectivity index (χ3n) is 3.49. The van der Waals surface area contributed by atoms with E-state index in [4.69, 9.17) is 15.1 Å². The molecule has 5 N–H and O–H groups in total.